The van der Waals surface area contributed by atoms with E-state index in [2.05, 4.69) is 25.7 Å². The number of ether oxygens (including phenoxy) is 1. The van der Waals surface area contributed by atoms with Gasteiger partial charge in [-0.05, 0) is 43.7 Å². The summed E-state index contributed by atoms with van der Waals surface area (Å²) in [6.07, 6.45) is 5.98. The summed E-state index contributed by atoms with van der Waals surface area (Å²) < 4.78 is 20.7. The maximum Gasteiger partial charge on any atom is 0.244 e. The highest BCUT2D eigenvalue weighted by molar-refractivity contribution is 5.76. The number of aromatic nitrogens is 4. The summed E-state index contributed by atoms with van der Waals surface area (Å²) >= 11 is 0. The van der Waals surface area contributed by atoms with Crippen LogP contribution < -0.4 is 15.4 Å². The molecule has 0 unspecified atom stereocenters. The third kappa shape index (κ3) is 5.02. The molecular formula is C22H26FN7O2. The average Bonchev–Trinajstić information content (AvgIpc) is 3.04. The Morgan fingerprint density at radius 3 is 2.97 bits per heavy atom. The molecule has 3 heterocycles. The fourth-order valence-electron chi connectivity index (χ4n) is 3.59. The smallest absolute Gasteiger partial charge is 0.244 e. The van der Waals surface area contributed by atoms with Crippen LogP contribution in [0.4, 0.5) is 16.0 Å². The number of rotatable bonds is 6. The van der Waals surface area contributed by atoms with Gasteiger partial charge < -0.3 is 20.3 Å². The molecule has 10 heteroatoms. The van der Waals surface area contributed by atoms with Crippen molar-refractivity contribution in [3.05, 3.63) is 48.2 Å². The summed E-state index contributed by atoms with van der Waals surface area (Å²) in [6, 6.07) is 4.71. The minimum absolute atomic E-state index is 0.0405. The first-order valence-corrected chi connectivity index (χ1v) is 10.5. The average molecular weight is 439 g/mol. The van der Waals surface area contributed by atoms with Crippen LogP contribution in [-0.4, -0.2) is 63.8 Å². The maximum absolute atomic E-state index is 14.1. The van der Waals surface area contributed by atoms with Crippen molar-refractivity contribution in [3.8, 4) is 17.0 Å². The van der Waals surface area contributed by atoms with Crippen molar-refractivity contribution in [1.29, 1.82) is 0 Å². The molecule has 168 valence electrons. The summed E-state index contributed by atoms with van der Waals surface area (Å²) in [5.74, 6) is 0.117. The molecule has 1 aromatic carbocycles. The molecule has 1 aliphatic heterocycles. The highest BCUT2D eigenvalue weighted by Crippen LogP contribution is 2.27. The number of methoxy groups -OCH3 is 1. The van der Waals surface area contributed by atoms with E-state index >= 15 is 0 Å². The van der Waals surface area contributed by atoms with Gasteiger partial charge in [0.1, 0.15) is 6.54 Å². The molecule has 1 fully saturated rings. The molecule has 1 saturated heterocycles. The lowest BCUT2D eigenvalue weighted by Gasteiger charge is -2.19. The van der Waals surface area contributed by atoms with Gasteiger partial charge in [-0.25, -0.2) is 14.4 Å². The number of hydrogen-bond acceptors (Lipinski definition) is 7. The molecule has 0 aliphatic carbocycles. The number of nitrogens with one attached hydrogen (secondary N) is 2. The number of halogens is 1. The molecule has 2 aromatic heterocycles. The molecular weight excluding hydrogens is 413 g/mol. The van der Waals surface area contributed by atoms with Crippen molar-refractivity contribution in [2.24, 2.45) is 0 Å². The van der Waals surface area contributed by atoms with Crippen LogP contribution in [0.15, 0.2) is 36.8 Å². The largest absolute Gasteiger partial charge is 0.494 e. The maximum atomic E-state index is 14.1. The number of carbonyl (C=O) groups excluding carboxylic acids is 1. The SMILES string of the molecule is COc1ccc(-c2nc(Nc3cnn(CC(=O)N4CCCNCC4)c3)ncc2C)cc1F. The Hall–Kier alpha value is -3.53. The number of nitrogens with zero attached hydrogens (tertiary/aromatic N) is 5. The summed E-state index contributed by atoms with van der Waals surface area (Å²) in [5.41, 5.74) is 2.71. The van der Waals surface area contributed by atoms with Crippen molar-refractivity contribution in [3.63, 3.8) is 0 Å². The molecule has 4 rings (SSSR count). The number of carbonyl (C=O) groups is 1. The Morgan fingerprint density at radius 1 is 1.28 bits per heavy atom. The Bertz CT molecular complexity index is 1090. The van der Waals surface area contributed by atoms with Crippen molar-refractivity contribution in [2.45, 2.75) is 19.9 Å². The van der Waals surface area contributed by atoms with Gasteiger partial charge in [0.15, 0.2) is 11.6 Å². The van der Waals surface area contributed by atoms with Gasteiger partial charge in [0, 0.05) is 37.6 Å². The lowest BCUT2D eigenvalue weighted by atomic mass is 10.1. The molecule has 0 saturated carbocycles. The molecule has 1 aliphatic rings. The fourth-order valence-corrected chi connectivity index (χ4v) is 3.59. The molecule has 0 spiro atoms. The van der Waals surface area contributed by atoms with E-state index in [-0.39, 0.29) is 18.2 Å². The Morgan fingerprint density at radius 2 is 2.16 bits per heavy atom. The molecule has 0 atom stereocenters. The van der Waals surface area contributed by atoms with Gasteiger partial charge >= 0.3 is 0 Å². The van der Waals surface area contributed by atoms with Crippen LogP contribution >= 0.6 is 0 Å². The fraction of sp³-hybridized carbons (Fsp3) is 0.364. The van der Waals surface area contributed by atoms with Gasteiger partial charge in [-0.2, -0.15) is 5.10 Å². The van der Waals surface area contributed by atoms with Crippen LogP contribution in [-0.2, 0) is 11.3 Å². The van der Waals surface area contributed by atoms with Crippen LogP contribution in [0.5, 0.6) is 5.75 Å². The zero-order valence-electron chi connectivity index (χ0n) is 18.1. The van der Waals surface area contributed by atoms with Crippen LogP contribution in [0.3, 0.4) is 0 Å². The van der Waals surface area contributed by atoms with E-state index in [0.29, 0.717) is 29.4 Å². The second kappa shape index (κ2) is 9.73. The number of amides is 1. The topological polar surface area (TPSA) is 97.2 Å². The van der Waals surface area contributed by atoms with Crippen LogP contribution in [0.2, 0.25) is 0 Å². The first kappa shape index (κ1) is 21.7. The van der Waals surface area contributed by atoms with Crippen molar-refractivity contribution in [1.82, 2.24) is 30.0 Å². The van der Waals surface area contributed by atoms with Crippen LogP contribution in [0.1, 0.15) is 12.0 Å². The molecule has 32 heavy (non-hydrogen) atoms. The molecule has 0 radical (unpaired) electrons. The Kier molecular flexibility index (Phi) is 6.60. The van der Waals surface area contributed by atoms with Gasteiger partial charge in [-0.15, -0.1) is 0 Å². The van der Waals surface area contributed by atoms with E-state index in [9.17, 15) is 9.18 Å². The first-order valence-electron chi connectivity index (χ1n) is 10.5. The second-order valence-electron chi connectivity index (χ2n) is 7.61. The molecule has 2 N–H and O–H groups in total. The third-order valence-corrected chi connectivity index (χ3v) is 5.28. The predicted octanol–water partition coefficient (Wildman–Crippen LogP) is 2.36. The Labute approximate surface area is 185 Å². The van der Waals surface area contributed by atoms with E-state index in [1.54, 1.807) is 35.4 Å². The molecule has 9 nitrogen and oxygen atoms in total. The highest BCUT2D eigenvalue weighted by Gasteiger charge is 2.16. The van der Waals surface area contributed by atoms with E-state index in [0.717, 1.165) is 31.6 Å². The highest BCUT2D eigenvalue weighted by atomic mass is 19.1. The van der Waals surface area contributed by atoms with Gasteiger partial charge in [0.25, 0.3) is 0 Å². The van der Waals surface area contributed by atoms with Gasteiger partial charge in [-0.1, -0.05) is 0 Å². The van der Waals surface area contributed by atoms with Crippen LogP contribution in [0.25, 0.3) is 11.3 Å². The summed E-state index contributed by atoms with van der Waals surface area (Å²) in [7, 11) is 1.43. The van der Waals surface area contributed by atoms with E-state index in [1.165, 1.54) is 13.2 Å². The first-order chi connectivity index (χ1) is 15.5. The number of aryl methyl sites for hydroxylation is 1. The molecule has 0 bridgehead atoms. The van der Waals surface area contributed by atoms with E-state index < -0.39 is 5.82 Å². The van der Waals surface area contributed by atoms with Crippen molar-refractivity contribution in [2.75, 3.05) is 38.6 Å². The minimum Gasteiger partial charge on any atom is -0.494 e. The lowest BCUT2D eigenvalue weighted by Crippen LogP contribution is -2.36. The van der Waals surface area contributed by atoms with Gasteiger partial charge in [0.05, 0.1) is 24.7 Å². The quantitative estimate of drug-likeness (QED) is 0.609. The standard InChI is InChI=1S/C22H26FN7O2/c1-15-11-25-22(28-21(15)16-4-5-19(32-2)18(23)10-16)27-17-12-26-30(13-17)14-20(31)29-8-3-6-24-7-9-29/h4-5,10-13,24H,3,6-9,14H2,1-2H3,(H,25,27,28). The monoisotopic (exact) mass is 439 g/mol. The number of hydrogen-bond donors (Lipinski definition) is 2. The van der Waals surface area contributed by atoms with E-state index in [1.807, 2.05) is 11.8 Å². The summed E-state index contributed by atoms with van der Waals surface area (Å²) in [5, 5.41) is 10.7. The van der Waals surface area contributed by atoms with Gasteiger partial charge in [-0.3, -0.25) is 9.48 Å². The minimum atomic E-state index is -0.455. The lowest BCUT2D eigenvalue weighted by molar-refractivity contribution is -0.131. The van der Waals surface area contributed by atoms with E-state index in [4.69, 9.17) is 4.74 Å². The summed E-state index contributed by atoms with van der Waals surface area (Å²) in [4.78, 5) is 23.3. The number of benzene rings is 1. The predicted molar refractivity (Wildman–Crippen MR) is 118 cm³/mol. The zero-order chi connectivity index (χ0) is 22.5. The third-order valence-electron chi connectivity index (χ3n) is 5.28. The van der Waals surface area contributed by atoms with Crippen molar-refractivity contribution >= 4 is 17.5 Å². The second-order valence-corrected chi connectivity index (χ2v) is 7.61. The van der Waals surface area contributed by atoms with Crippen LogP contribution in [0, 0.1) is 12.7 Å². The zero-order valence-corrected chi connectivity index (χ0v) is 18.1. The molecule has 3 aromatic rings. The van der Waals surface area contributed by atoms with Crippen molar-refractivity contribution < 1.29 is 13.9 Å². The Balaban J connectivity index is 1.46. The normalized spacial score (nSPS) is 14.2. The number of anilines is 2. The van der Waals surface area contributed by atoms with Gasteiger partial charge in [0.2, 0.25) is 11.9 Å². The molecule has 1 amide bonds. The summed E-state index contributed by atoms with van der Waals surface area (Å²) in [6.45, 7) is 5.24.